The molecule has 0 spiro atoms. The van der Waals surface area contributed by atoms with E-state index in [1.807, 2.05) is 4.90 Å². The number of rotatable bonds is 3. The lowest BCUT2D eigenvalue weighted by Crippen LogP contribution is -2.45. The van der Waals surface area contributed by atoms with E-state index in [-0.39, 0.29) is 18.1 Å². The maximum atomic E-state index is 12.4. The van der Waals surface area contributed by atoms with Gasteiger partial charge in [0.25, 0.3) is 0 Å². The summed E-state index contributed by atoms with van der Waals surface area (Å²) < 4.78 is 5.66. The summed E-state index contributed by atoms with van der Waals surface area (Å²) in [7, 11) is 0. The summed E-state index contributed by atoms with van der Waals surface area (Å²) in [5, 5.41) is 0. The van der Waals surface area contributed by atoms with Gasteiger partial charge in [0.05, 0.1) is 12.5 Å². The minimum Gasteiger partial charge on any atom is -0.378 e. The molecule has 0 saturated carbocycles. The van der Waals surface area contributed by atoms with E-state index in [0.29, 0.717) is 13.0 Å². The second-order valence-corrected chi connectivity index (χ2v) is 5.52. The summed E-state index contributed by atoms with van der Waals surface area (Å²) >= 11 is 0. The third kappa shape index (κ3) is 3.69. The first-order valence-corrected chi connectivity index (χ1v) is 7.42. The monoisotopic (exact) mass is 254 g/mol. The van der Waals surface area contributed by atoms with Crippen LogP contribution in [0.3, 0.4) is 0 Å². The number of ether oxygens (including phenoxy) is 1. The maximum Gasteiger partial charge on any atom is 0.225 e. The fourth-order valence-corrected chi connectivity index (χ4v) is 3.03. The van der Waals surface area contributed by atoms with E-state index in [1.165, 1.54) is 19.3 Å². The van der Waals surface area contributed by atoms with Crippen LogP contribution in [0, 0.1) is 0 Å². The second kappa shape index (κ2) is 7.10. The predicted octanol–water partition coefficient (Wildman–Crippen LogP) is 1.68. The molecule has 2 N–H and O–H groups in total. The van der Waals surface area contributed by atoms with Crippen LogP contribution in [0.1, 0.15) is 51.4 Å². The molecule has 2 aliphatic rings. The molecule has 0 radical (unpaired) electrons. The van der Waals surface area contributed by atoms with Crippen LogP contribution in [0.5, 0.6) is 0 Å². The number of hydrogen-bond acceptors (Lipinski definition) is 3. The van der Waals surface area contributed by atoms with Crippen LogP contribution in [0.2, 0.25) is 0 Å². The SMILES string of the molecule is NCC1CCCCCN1C(=O)CC1CCCCO1. The molecule has 2 fully saturated rings. The number of likely N-dealkylation sites (tertiary alicyclic amines) is 1. The molecule has 0 aromatic carbocycles. The molecule has 0 bridgehead atoms. The first kappa shape index (κ1) is 13.8. The zero-order chi connectivity index (χ0) is 12.8. The Kier molecular flexibility index (Phi) is 5.45. The van der Waals surface area contributed by atoms with Crippen LogP contribution < -0.4 is 5.73 Å². The van der Waals surface area contributed by atoms with E-state index in [2.05, 4.69) is 0 Å². The lowest BCUT2D eigenvalue weighted by atomic mass is 10.0. The van der Waals surface area contributed by atoms with Crippen molar-refractivity contribution in [3.63, 3.8) is 0 Å². The topological polar surface area (TPSA) is 55.6 Å². The first-order valence-electron chi connectivity index (χ1n) is 7.42. The highest BCUT2D eigenvalue weighted by atomic mass is 16.5. The molecular formula is C14H26N2O2. The van der Waals surface area contributed by atoms with Gasteiger partial charge >= 0.3 is 0 Å². The average molecular weight is 254 g/mol. The first-order chi connectivity index (χ1) is 8.81. The summed E-state index contributed by atoms with van der Waals surface area (Å²) in [5.41, 5.74) is 5.81. The van der Waals surface area contributed by atoms with Crippen LogP contribution in [0.25, 0.3) is 0 Å². The molecule has 0 aromatic heterocycles. The molecule has 2 atom stereocenters. The Hall–Kier alpha value is -0.610. The van der Waals surface area contributed by atoms with E-state index in [9.17, 15) is 4.79 Å². The molecule has 2 unspecified atom stereocenters. The Labute approximate surface area is 110 Å². The number of nitrogens with zero attached hydrogens (tertiary/aromatic N) is 1. The standard InChI is InChI=1S/C14H26N2O2/c15-11-12-6-2-1-4-8-16(12)14(17)10-13-7-3-5-9-18-13/h12-13H,1-11,15H2. The Balaban J connectivity index is 1.88. The van der Waals surface area contributed by atoms with Crippen molar-refractivity contribution in [2.45, 2.75) is 63.5 Å². The van der Waals surface area contributed by atoms with E-state index in [4.69, 9.17) is 10.5 Å². The van der Waals surface area contributed by atoms with Gasteiger partial charge in [0.15, 0.2) is 0 Å². The van der Waals surface area contributed by atoms with Gasteiger partial charge < -0.3 is 15.4 Å². The summed E-state index contributed by atoms with van der Waals surface area (Å²) in [6, 6.07) is 0.253. The number of carbonyl (C=O) groups excluding carboxylic acids is 1. The Morgan fingerprint density at radius 3 is 2.72 bits per heavy atom. The summed E-state index contributed by atoms with van der Waals surface area (Å²) in [6.45, 7) is 2.29. The molecule has 2 heterocycles. The summed E-state index contributed by atoms with van der Waals surface area (Å²) in [4.78, 5) is 14.4. The van der Waals surface area contributed by atoms with Crippen molar-refractivity contribution in [1.82, 2.24) is 4.90 Å². The molecule has 2 saturated heterocycles. The molecule has 1 amide bonds. The molecule has 18 heavy (non-hydrogen) atoms. The van der Waals surface area contributed by atoms with Crippen molar-refractivity contribution in [2.75, 3.05) is 19.7 Å². The van der Waals surface area contributed by atoms with Crippen molar-refractivity contribution >= 4 is 5.91 Å². The van der Waals surface area contributed by atoms with Gasteiger partial charge in [0.2, 0.25) is 5.91 Å². The van der Waals surface area contributed by atoms with Gasteiger partial charge in [-0.1, -0.05) is 12.8 Å². The van der Waals surface area contributed by atoms with E-state index in [1.54, 1.807) is 0 Å². The number of nitrogens with two attached hydrogens (primary N) is 1. The number of amides is 1. The van der Waals surface area contributed by atoms with Gasteiger partial charge in [0.1, 0.15) is 0 Å². The minimum absolute atomic E-state index is 0.146. The largest absolute Gasteiger partial charge is 0.378 e. The lowest BCUT2D eigenvalue weighted by molar-refractivity contribution is -0.137. The van der Waals surface area contributed by atoms with Gasteiger partial charge in [-0.25, -0.2) is 0 Å². The molecule has 4 heteroatoms. The Morgan fingerprint density at radius 1 is 1.17 bits per heavy atom. The van der Waals surface area contributed by atoms with Crippen LogP contribution in [0.4, 0.5) is 0 Å². The number of hydrogen-bond donors (Lipinski definition) is 1. The molecule has 4 nitrogen and oxygen atoms in total. The van der Waals surface area contributed by atoms with Crippen LogP contribution in [-0.4, -0.2) is 42.6 Å². The molecule has 0 aliphatic carbocycles. The van der Waals surface area contributed by atoms with Crippen LogP contribution in [0.15, 0.2) is 0 Å². The van der Waals surface area contributed by atoms with Crippen molar-refractivity contribution in [2.24, 2.45) is 5.73 Å². The summed E-state index contributed by atoms with van der Waals surface area (Å²) in [6.07, 6.45) is 8.67. The van der Waals surface area contributed by atoms with Crippen molar-refractivity contribution in [1.29, 1.82) is 0 Å². The third-order valence-electron chi connectivity index (χ3n) is 4.15. The summed E-state index contributed by atoms with van der Waals surface area (Å²) in [5.74, 6) is 0.249. The van der Waals surface area contributed by atoms with E-state index >= 15 is 0 Å². The van der Waals surface area contributed by atoms with Gasteiger partial charge in [0, 0.05) is 25.7 Å². The molecule has 2 aliphatic heterocycles. The Bertz CT molecular complexity index is 265. The van der Waals surface area contributed by atoms with Gasteiger partial charge in [-0.05, 0) is 32.1 Å². The fourth-order valence-electron chi connectivity index (χ4n) is 3.03. The van der Waals surface area contributed by atoms with Crippen molar-refractivity contribution < 1.29 is 9.53 Å². The molecular weight excluding hydrogens is 228 g/mol. The van der Waals surface area contributed by atoms with E-state index in [0.717, 1.165) is 38.8 Å². The molecule has 0 aromatic rings. The lowest BCUT2D eigenvalue weighted by Gasteiger charge is -2.31. The van der Waals surface area contributed by atoms with Crippen LogP contribution >= 0.6 is 0 Å². The van der Waals surface area contributed by atoms with Gasteiger partial charge in [-0.3, -0.25) is 4.79 Å². The highest BCUT2D eigenvalue weighted by molar-refractivity contribution is 5.77. The van der Waals surface area contributed by atoms with Crippen molar-refractivity contribution in [3.8, 4) is 0 Å². The average Bonchev–Trinajstić information content (AvgIpc) is 2.64. The molecule has 2 rings (SSSR count). The van der Waals surface area contributed by atoms with Gasteiger partial charge in [-0.15, -0.1) is 0 Å². The third-order valence-corrected chi connectivity index (χ3v) is 4.15. The van der Waals surface area contributed by atoms with Crippen LogP contribution in [-0.2, 0) is 9.53 Å². The molecule has 104 valence electrons. The normalized spacial score (nSPS) is 29.9. The number of carbonyl (C=O) groups is 1. The predicted molar refractivity (Wildman–Crippen MR) is 71.2 cm³/mol. The maximum absolute atomic E-state index is 12.4. The van der Waals surface area contributed by atoms with E-state index < -0.39 is 0 Å². The zero-order valence-electron chi connectivity index (χ0n) is 11.3. The minimum atomic E-state index is 0.146. The fraction of sp³-hybridized carbons (Fsp3) is 0.929. The highest BCUT2D eigenvalue weighted by Crippen LogP contribution is 2.21. The zero-order valence-corrected chi connectivity index (χ0v) is 11.3. The quantitative estimate of drug-likeness (QED) is 0.833. The highest BCUT2D eigenvalue weighted by Gasteiger charge is 2.27. The van der Waals surface area contributed by atoms with Gasteiger partial charge in [-0.2, -0.15) is 0 Å². The van der Waals surface area contributed by atoms with Crippen molar-refractivity contribution in [3.05, 3.63) is 0 Å². The Morgan fingerprint density at radius 2 is 2.00 bits per heavy atom. The second-order valence-electron chi connectivity index (χ2n) is 5.52. The smallest absolute Gasteiger partial charge is 0.225 e.